The van der Waals surface area contributed by atoms with E-state index in [9.17, 15) is 14.9 Å². The van der Waals surface area contributed by atoms with Gasteiger partial charge in [-0.15, -0.1) is 0 Å². The third-order valence-corrected chi connectivity index (χ3v) is 3.29. The molecule has 0 saturated carbocycles. The molecule has 0 saturated heterocycles. The first-order chi connectivity index (χ1) is 9.88. The molecule has 0 aliphatic rings. The smallest absolute Gasteiger partial charge is 0.337 e. The quantitative estimate of drug-likeness (QED) is 0.666. The molecular formula is C13H9BrN2O5. The maximum atomic E-state index is 10.9. The largest absolute Gasteiger partial charge is 0.478 e. The number of carbonyl (C=O) groups is 1. The van der Waals surface area contributed by atoms with E-state index in [2.05, 4.69) is 20.9 Å². The Morgan fingerprint density at radius 2 is 2.10 bits per heavy atom. The van der Waals surface area contributed by atoms with Gasteiger partial charge in [-0.25, -0.2) is 9.78 Å². The van der Waals surface area contributed by atoms with Crippen LogP contribution >= 0.6 is 15.9 Å². The van der Waals surface area contributed by atoms with Gasteiger partial charge in [-0.1, -0.05) is 0 Å². The summed E-state index contributed by atoms with van der Waals surface area (Å²) < 4.78 is 5.98. The zero-order valence-corrected chi connectivity index (χ0v) is 12.3. The summed E-state index contributed by atoms with van der Waals surface area (Å²) in [7, 11) is 0. The number of aryl methyl sites for hydroxylation is 1. The highest BCUT2D eigenvalue weighted by Gasteiger charge is 2.13. The Kier molecular flexibility index (Phi) is 4.18. The Hall–Kier alpha value is -2.48. The van der Waals surface area contributed by atoms with E-state index in [1.165, 1.54) is 30.3 Å². The fourth-order valence-electron chi connectivity index (χ4n) is 1.62. The van der Waals surface area contributed by atoms with E-state index in [-0.39, 0.29) is 22.9 Å². The monoisotopic (exact) mass is 352 g/mol. The van der Waals surface area contributed by atoms with E-state index < -0.39 is 10.9 Å². The lowest BCUT2D eigenvalue weighted by Gasteiger charge is -2.08. The highest BCUT2D eigenvalue weighted by atomic mass is 79.9. The first-order valence-electron chi connectivity index (χ1n) is 5.71. The van der Waals surface area contributed by atoms with Gasteiger partial charge in [-0.3, -0.25) is 10.1 Å². The summed E-state index contributed by atoms with van der Waals surface area (Å²) in [5.74, 6) is -0.707. The summed E-state index contributed by atoms with van der Waals surface area (Å²) in [6, 6.07) is 6.84. The summed E-state index contributed by atoms with van der Waals surface area (Å²) in [5.41, 5.74) is 0.245. The maximum absolute atomic E-state index is 10.9. The van der Waals surface area contributed by atoms with Gasteiger partial charge in [0, 0.05) is 12.1 Å². The predicted molar refractivity (Wildman–Crippen MR) is 76.8 cm³/mol. The van der Waals surface area contributed by atoms with Gasteiger partial charge in [-0.2, -0.15) is 0 Å². The van der Waals surface area contributed by atoms with Crippen LogP contribution in [0.15, 0.2) is 34.8 Å². The van der Waals surface area contributed by atoms with Gasteiger partial charge >= 0.3 is 5.97 Å². The average molecular weight is 353 g/mol. The Bertz CT molecular complexity index is 732. The molecule has 0 spiro atoms. The van der Waals surface area contributed by atoms with Gasteiger partial charge in [0.05, 0.1) is 26.7 Å². The lowest BCUT2D eigenvalue weighted by molar-refractivity contribution is -0.384. The second-order valence-corrected chi connectivity index (χ2v) is 4.92. The number of nitrogens with zero attached hydrogens (tertiary/aromatic N) is 2. The van der Waals surface area contributed by atoms with Crippen molar-refractivity contribution < 1.29 is 19.6 Å². The Balaban J connectivity index is 2.34. The second kappa shape index (κ2) is 5.88. The predicted octanol–water partition coefficient (Wildman–Crippen LogP) is 3.55. The number of nitro groups is 1. The number of benzene rings is 1. The van der Waals surface area contributed by atoms with Gasteiger partial charge in [0.2, 0.25) is 5.88 Å². The molecule has 0 unspecified atom stereocenters. The molecule has 0 atom stereocenters. The van der Waals surface area contributed by atoms with Crippen LogP contribution in [0.25, 0.3) is 0 Å². The van der Waals surface area contributed by atoms with Crippen molar-refractivity contribution >= 4 is 27.6 Å². The number of hydrogen-bond donors (Lipinski definition) is 1. The first kappa shape index (κ1) is 14.9. The SMILES string of the molecule is Cc1nc(Oc2cc([N+](=O)[O-])ccc2Br)ccc1C(=O)O. The van der Waals surface area contributed by atoms with Crippen LogP contribution in [0.4, 0.5) is 5.69 Å². The first-order valence-corrected chi connectivity index (χ1v) is 6.50. The van der Waals surface area contributed by atoms with Crippen molar-refractivity contribution in [3.63, 3.8) is 0 Å². The molecule has 0 amide bonds. The fraction of sp³-hybridized carbons (Fsp3) is 0.0769. The third-order valence-electron chi connectivity index (χ3n) is 2.63. The molecule has 1 aromatic heterocycles. The molecule has 0 aliphatic heterocycles. The number of aromatic nitrogens is 1. The van der Waals surface area contributed by atoms with Crippen molar-refractivity contribution in [1.82, 2.24) is 4.98 Å². The van der Waals surface area contributed by atoms with E-state index in [0.717, 1.165) is 0 Å². The highest BCUT2D eigenvalue weighted by Crippen LogP contribution is 2.32. The van der Waals surface area contributed by atoms with Gasteiger partial charge in [-0.05, 0) is 35.0 Å². The molecule has 2 aromatic rings. The standard InChI is InChI=1S/C13H9BrN2O5/c1-7-9(13(17)18)3-5-12(15-7)21-11-6-8(16(19)20)2-4-10(11)14/h2-6H,1H3,(H,17,18). The van der Waals surface area contributed by atoms with Crippen molar-refractivity contribution in [1.29, 1.82) is 0 Å². The number of non-ortho nitro benzene ring substituents is 1. The fourth-order valence-corrected chi connectivity index (χ4v) is 1.94. The van der Waals surface area contributed by atoms with Gasteiger partial charge < -0.3 is 9.84 Å². The van der Waals surface area contributed by atoms with E-state index >= 15 is 0 Å². The molecular weight excluding hydrogens is 344 g/mol. The molecule has 21 heavy (non-hydrogen) atoms. The summed E-state index contributed by atoms with van der Waals surface area (Å²) in [6.07, 6.45) is 0. The summed E-state index contributed by atoms with van der Waals surface area (Å²) in [4.78, 5) is 25.1. The zero-order valence-electron chi connectivity index (χ0n) is 10.7. The lowest BCUT2D eigenvalue weighted by Crippen LogP contribution is -2.02. The van der Waals surface area contributed by atoms with Crippen LogP contribution in [0.5, 0.6) is 11.6 Å². The number of ether oxygens (including phenoxy) is 1. The molecule has 2 rings (SSSR count). The van der Waals surface area contributed by atoms with Crippen LogP contribution in [-0.4, -0.2) is 21.0 Å². The third kappa shape index (κ3) is 3.34. The van der Waals surface area contributed by atoms with E-state index in [1.807, 2.05) is 0 Å². The van der Waals surface area contributed by atoms with Crippen LogP contribution in [0.3, 0.4) is 0 Å². The molecule has 8 heteroatoms. The van der Waals surface area contributed by atoms with Crippen molar-refractivity contribution in [2.24, 2.45) is 0 Å². The van der Waals surface area contributed by atoms with Gasteiger partial charge in [0.15, 0.2) is 5.75 Å². The zero-order chi connectivity index (χ0) is 15.6. The molecule has 0 bridgehead atoms. The number of rotatable bonds is 4. The van der Waals surface area contributed by atoms with Gasteiger partial charge in [0.1, 0.15) is 0 Å². The molecule has 108 valence electrons. The van der Waals surface area contributed by atoms with Crippen molar-refractivity contribution in [2.75, 3.05) is 0 Å². The summed E-state index contributed by atoms with van der Waals surface area (Å²) >= 11 is 3.22. The lowest BCUT2D eigenvalue weighted by atomic mass is 10.2. The van der Waals surface area contributed by atoms with Crippen LogP contribution in [0.1, 0.15) is 16.1 Å². The topological polar surface area (TPSA) is 103 Å². The highest BCUT2D eigenvalue weighted by molar-refractivity contribution is 9.10. The molecule has 7 nitrogen and oxygen atoms in total. The minimum Gasteiger partial charge on any atom is -0.478 e. The Morgan fingerprint density at radius 1 is 1.38 bits per heavy atom. The molecule has 1 heterocycles. The van der Waals surface area contributed by atoms with Crippen LogP contribution in [0, 0.1) is 17.0 Å². The summed E-state index contributed by atoms with van der Waals surface area (Å²) in [6.45, 7) is 1.54. The van der Waals surface area contributed by atoms with Crippen LogP contribution in [0.2, 0.25) is 0 Å². The van der Waals surface area contributed by atoms with Crippen molar-refractivity contribution in [3.05, 3.63) is 56.2 Å². The number of pyridine rings is 1. The molecule has 1 N–H and O–H groups in total. The number of nitro benzene ring substituents is 1. The molecule has 0 fully saturated rings. The number of carboxylic acids is 1. The van der Waals surface area contributed by atoms with Crippen LogP contribution in [-0.2, 0) is 0 Å². The number of hydrogen-bond acceptors (Lipinski definition) is 5. The molecule has 0 radical (unpaired) electrons. The maximum Gasteiger partial charge on any atom is 0.337 e. The minimum atomic E-state index is -1.08. The molecule has 1 aromatic carbocycles. The van der Waals surface area contributed by atoms with Gasteiger partial charge in [0.25, 0.3) is 5.69 Å². The van der Waals surface area contributed by atoms with Crippen molar-refractivity contribution in [2.45, 2.75) is 6.92 Å². The number of aromatic carboxylic acids is 1. The Morgan fingerprint density at radius 3 is 2.67 bits per heavy atom. The number of halogens is 1. The minimum absolute atomic E-state index is 0.0699. The molecule has 0 aliphatic carbocycles. The Labute approximate surface area is 127 Å². The van der Waals surface area contributed by atoms with E-state index in [4.69, 9.17) is 9.84 Å². The van der Waals surface area contributed by atoms with Crippen molar-refractivity contribution in [3.8, 4) is 11.6 Å². The normalized spacial score (nSPS) is 10.2. The van der Waals surface area contributed by atoms with E-state index in [1.54, 1.807) is 6.92 Å². The van der Waals surface area contributed by atoms with E-state index in [0.29, 0.717) is 10.2 Å². The summed E-state index contributed by atoms with van der Waals surface area (Å²) in [5, 5.41) is 19.7. The van der Waals surface area contributed by atoms with Crippen LogP contribution < -0.4 is 4.74 Å². The second-order valence-electron chi connectivity index (χ2n) is 4.06. The number of carboxylic acid groups (broad SMARTS) is 1. The average Bonchev–Trinajstić information content (AvgIpc) is 2.40.